The van der Waals surface area contributed by atoms with E-state index in [0.717, 1.165) is 45.6 Å². The van der Waals surface area contributed by atoms with Gasteiger partial charge >= 0.3 is 6.18 Å². The van der Waals surface area contributed by atoms with Crippen molar-refractivity contribution in [2.75, 3.05) is 19.5 Å². The van der Waals surface area contributed by atoms with Gasteiger partial charge in [0, 0.05) is 11.1 Å². The van der Waals surface area contributed by atoms with E-state index in [1.165, 1.54) is 24.5 Å². The molecule has 0 radical (unpaired) electrons. The third-order valence-electron chi connectivity index (χ3n) is 5.01. The molecule has 33 heavy (non-hydrogen) atoms. The van der Waals surface area contributed by atoms with Gasteiger partial charge in [-0.2, -0.15) is 13.2 Å². The number of carbonyl (C=O) groups excluding carboxylic acids is 1. The summed E-state index contributed by atoms with van der Waals surface area (Å²) in [5.74, 6) is -0.697. The Bertz CT molecular complexity index is 1350. The van der Waals surface area contributed by atoms with Crippen LogP contribution in [0.4, 0.5) is 18.9 Å². The summed E-state index contributed by atoms with van der Waals surface area (Å²) < 4.78 is 51.1. The Kier molecular flexibility index (Phi) is 5.99. The molecule has 0 saturated carbocycles. The van der Waals surface area contributed by atoms with E-state index in [2.05, 4.69) is 16.4 Å². The van der Waals surface area contributed by atoms with Crippen molar-refractivity contribution in [2.45, 2.75) is 13.1 Å². The van der Waals surface area contributed by atoms with Crippen molar-refractivity contribution in [3.05, 3.63) is 71.3 Å². The molecule has 0 atom stereocenters. The number of fused-ring (bicyclic) bond motifs is 1. The molecule has 0 fully saturated rings. The summed E-state index contributed by atoms with van der Waals surface area (Å²) >= 11 is 1.54. The predicted octanol–water partition coefficient (Wildman–Crippen LogP) is 6.56. The number of anilines is 1. The number of aryl methyl sites for hydroxylation is 1. The first-order valence-corrected chi connectivity index (χ1v) is 10.6. The number of hydrogen-bond acceptors (Lipinski definition) is 5. The summed E-state index contributed by atoms with van der Waals surface area (Å²) in [6.07, 6.45) is -4.66. The molecule has 1 N–H and O–H groups in total. The number of ether oxygens (including phenoxy) is 2. The van der Waals surface area contributed by atoms with Crippen LogP contribution in [0.5, 0.6) is 11.5 Å². The maximum atomic E-state index is 13.3. The van der Waals surface area contributed by atoms with E-state index in [-0.39, 0.29) is 11.3 Å². The lowest BCUT2D eigenvalue weighted by molar-refractivity contribution is -0.138. The van der Waals surface area contributed by atoms with Gasteiger partial charge in [0.15, 0.2) is 0 Å². The summed E-state index contributed by atoms with van der Waals surface area (Å²) in [6.45, 7) is 2.01. The molecule has 0 unspecified atom stereocenters. The van der Waals surface area contributed by atoms with Crippen LogP contribution in [0.3, 0.4) is 0 Å². The number of carbonyl (C=O) groups is 1. The summed E-state index contributed by atoms with van der Waals surface area (Å²) in [5, 5.41) is 3.41. The number of methoxy groups -OCH3 is 2. The minimum atomic E-state index is -4.66. The number of aromatic nitrogens is 1. The second-order valence-corrected chi connectivity index (χ2v) is 8.30. The van der Waals surface area contributed by atoms with Crippen molar-refractivity contribution >= 4 is 33.1 Å². The van der Waals surface area contributed by atoms with Crippen LogP contribution in [0.25, 0.3) is 20.8 Å². The lowest BCUT2D eigenvalue weighted by Gasteiger charge is -2.14. The molecular formula is C24H19F3N2O3S. The number of benzene rings is 3. The lowest BCUT2D eigenvalue weighted by atomic mass is 10.1. The fourth-order valence-corrected chi connectivity index (χ4v) is 4.41. The van der Waals surface area contributed by atoms with Crippen molar-refractivity contribution in [1.29, 1.82) is 0 Å². The first kappa shape index (κ1) is 22.6. The molecule has 0 spiro atoms. The highest BCUT2D eigenvalue weighted by atomic mass is 32.1. The average molecular weight is 472 g/mol. The molecule has 0 aliphatic heterocycles. The second-order valence-electron chi connectivity index (χ2n) is 7.27. The van der Waals surface area contributed by atoms with Gasteiger partial charge in [-0.15, -0.1) is 11.3 Å². The van der Waals surface area contributed by atoms with Gasteiger partial charge in [0.1, 0.15) is 16.5 Å². The van der Waals surface area contributed by atoms with Gasteiger partial charge in [-0.25, -0.2) is 4.98 Å². The Labute approximate surface area is 191 Å². The van der Waals surface area contributed by atoms with E-state index >= 15 is 0 Å². The Balaban J connectivity index is 1.63. The van der Waals surface area contributed by atoms with E-state index in [9.17, 15) is 18.0 Å². The highest BCUT2D eigenvalue weighted by Gasteiger charge is 2.35. The number of nitrogens with one attached hydrogen (secondary N) is 1. The maximum absolute atomic E-state index is 13.3. The molecule has 0 aliphatic rings. The Morgan fingerprint density at radius 1 is 0.970 bits per heavy atom. The van der Waals surface area contributed by atoms with Crippen LogP contribution in [-0.4, -0.2) is 25.1 Å². The molecule has 0 bridgehead atoms. The molecule has 1 aromatic heterocycles. The highest BCUT2D eigenvalue weighted by molar-refractivity contribution is 7.21. The zero-order valence-corrected chi connectivity index (χ0v) is 18.7. The van der Waals surface area contributed by atoms with Crippen molar-refractivity contribution in [2.24, 2.45) is 0 Å². The van der Waals surface area contributed by atoms with Crippen molar-refractivity contribution in [1.82, 2.24) is 4.98 Å². The molecule has 1 amide bonds. The SMILES string of the molecule is COc1cc(-c2nc3ccc(C)cc3s2)ccc1NC(=O)c1ccc(OC)c(C(F)(F)F)c1. The summed E-state index contributed by atoms with van der Waals surface area (Å²) in [4.78, 5) is 17.3. The quantitative estimate of drug-likeness (QED) is 0.357. The fraction of sp³-hybridized carbons (Fsp3) is 0.167. The van der Waals surface area contributed by atoms with E-state index in [1.54, 1.807) is 18.2 Å². The van der Waals surface area contributed by atoms with Gasteiger partial charge in [0.05, 0.1) is 35.7 Å². The molecule has 1 heterocycles. The van der Waals surface area contributed by atoms with Gasteiger partial charge in [0.25, 0.3) is 5.91 Å². The van der Waals surface area contributed by atoms with Crippen LogP contribution in [-0.2, 0) is 6.18 Å². The number of hydrogen-bond donors (Lipinski definition) is 1. The molecule has 4 rings (SSSR count). The monoisotopic (exact) mass is 472 g/mol. The van der Waals surface area contributed by atoms with Crippen LogP contribution in [0, 0.1) is 6.92 Å². The molecule has 4 aromatic rings. The van der Waals surface area contributed by atoms with Crippen LogP contribution in [0.2, 0.25) is 0 Å². The zero-order valence-electron chi connectivity index (χ0n) is 17.9. The van der Waals surface area contributed by atoms with Gasteiger partial charge in [0.2, 0.25) is 0 Å². The predicted molar refractivity (Wildman–Crippen MR) is 122 cm³/mol. The Morgan fingerprint density at radius 2 is 1.73 bits per heavy atom. The number of halogens is 3. The van der Waals surface area contributed by atoms with Gasteiger partial charge < -0.3 is 14.8 Å². The molecule has 5 nitrogen and oxygen atoms in total. The molecular weight excluding hydrogens is 453 g/mol. The smallest absolute Gasteiger partial charge is 0.419 e. The summed E-state index contributed by atoms with van der Waals surface area (Å²) in [7, 11) is 2.59. The fourth-order valence-electron chi connectivity index (χ4n) is 3.35. The molecule has 3 aromatic carbocycles. The number of rotatable bonds is 5. The minimum Gasteiger partial charge on any atom is -0.496 e. The number of nitrogens with zero attached hydrogens (tertiary/aromatic N) is 1. The van der Waals surface area contributed by atoms with Gasteiger partial charge in [-0.05, 0) is 61.0 Å². The Morgan fingerprint density at radius 3 is 2.42 bits per heavy atom. The van der Waals surface area contributed by atoms with Gasteiger partial charge in [-0.3, -0.25) is 4.79 Å². The van der Waals surface area contributed by atoms with Crippen molar-refractivity contribution in [3.8, 4) is 22.1 Å². The van der Waals surface area contributed by atoms with Crippen molar-refractivity contribution in [3.63, 3.8) is 0 Å². The first-order chi connectivity index (χ1) is 15.7. The van der Waals surface area contributed by atoms with Crippen LogP contribution < -0.4 is 14.8 Å². The molecule has 9 heteroatoms. The maximum Gasteiger partial charge on any atom is 0.419 e. The van der Waals surface area contributed by atoms with Crippen LogP contribution >= 0.6 is 11.3 Å². The van der Waals surface area contributed by atoms with E-state index in [4.69, 9.17) is 9.47 Å². The van der Waals surface area contributed by atoms with E-state index in [1.807, 2.05) is 19.1 Å². The topological polar surface area (TPSA) is 60.5 Å². The highest BCUT2D eigenvalue weighted by Crippen LogP contribution is 2.38. The summed E-state index contributed by atoms with van der Waals surface area (Å²) in [6, 6.07) is 14.3. The van der Waals surface area contributed by atoms with E-state index < -0.39 is 17.6 Å². The summed E-state index contributed by atoms with van der Waals surface area (Å²) in [5.41, 5.74) is 1.97. The Hall–Kier alpha value is -3.59. The van der Waals surface area contributed by atoms with E-state index in [0.29, 0.717) is 11.4 Å². The van der Waals surface area contributed by atoms with Crippen LogP contribution in [0.1, 0.15) is 21.5 Å². The number of alkyl halides is 3. The number of thiazole rings is 1. The number of amides is 1. The first-order valence-electron chi connectivity index (χ1n) is 9.82. The third kappa shape index (κ3) is 4.63. The molecule has 0 saturated heterocycles. The minimum absolute atomic E-state index is 0.157. The average Bonchev–Trinajstić information content (AvgIpc) is 3.21. The largest absolute Gasteiger partial charge is 0.496 e. The molecule has 0 aliphatic carbocycles. The lowest BCUT2D eigenvalue weighted by Crippen LogP contribution is -2.15. The van der Waals surface area contributed by atoms with Crippen LogP contribution in [0.15, 0.2) is 54.6 Å². The third-order valence-corrected chi connectivity index (χ3v) is 6.07. The van der Waals surface area contributed by atoms with Gasteiger partial charge in [-0.1, -0.05) is 6.07 Å². The normalized spacial score (nSPS) is 11.5. The standard InChI is InChI=1S/C24H19F3N2O3S/c1-13-4-7-18-21(10-13)33-23(29-18)15-5-8-17(20(12-15)32-3)28-22(30)14-6-9-19(31-2)16(11-14)24(25,26)27/h4-12H,1-3H3,(H,28,30). The zero-order chi connectivity index (χ0) is 23.8. The second kappa shape index (κ2) is 8.74. The molecule has 170 valence electrons. The van der Waals surface area contributed by atoms with Crippen molar-refractivity contribution < 1.29 is 27.4 Å².